The number of carbonyl (C=O) groups is 1. The van der Waals surface area contributed by atoms with E-state index in [0.717, 1.165) is 11.1 Å². The molecule has 0 spiro atoms. The van der Waals surface area contributed by atoms with E-state index in [4.69, 9.17) is 9.15 Å². The molecule has 5 nitrogen and oxygen atoms in total. The second-order valence-electron chi connectivity index (χ2n) is 4.36. The molecule has 6 heteroatoms. The second-order valence-corrected chi connectivity index (χ2v) is 5.14. The molecular weight excluding hydrogens is 300 g/mol. The van der Waals surface area contributed by atoms with Crippen LogP contribution >= 0.6 is 11.3 Å². The van der Waals surface area contributed by atoms with Crippen molar-refractivity contribution in [3.8, 4) is 11.5 Å². The summed E-state index contributed by atoms with van der Waals surface area (Å²) in [4.78, 5) is 11.6. The van der Waals surface area contributed by atoms with Crippen LogP contribution in [0.3, 0.4) is 0 Å². The Balaban J connectivity index is 1.56. The average Bonchev–Trinajstić information content (AvgIpc) is 3.23. The van der Waals surface area contributed by atoms with Crippen molar-refractivity contribution < 1.29 is 13.9 Å². The van der Waals surface area contributed by atoms with E-state index in [1.54, 1.807) is 17.4 Å². The molecule has 0 amide bonds. The number of carbonyl (C=O) groups excluding carboxylic acids is 1. The molecule has 0 aliphatic rings. The van der Waals surface area contributed by atoms with Crippen molar-refractivity contribution in [3.05, 3.63) is 64.7 Å². The van der Waals surface area contributed by atoms with Crippen molar-refractivity contribution in [1.29, 1.82) is 0 Å². The van der Waals surface area contributed by atoms with Crippen LogP contribution in [0.15, 0.2) is 57.7 Å². The highest BCUT2D eigenvalue weighted by Gasteiger charge is 2.09. The van der Waals surface area contributed by atoms with Gasteiger partial charge in [-0.2, -0.15) is 11.3 Å². The first-order valence-electron chi connectivity index (χ1n) is 6.56. The summed E-state index contributed by atoms with van der Waals surface area (Å²) in [6, 6.07) is 11.3. The van der Waals surface area contributed by atoms with Crippen molar-refractivity contribution in [2.24, 2.45) is 0 Å². The van der Waals surface area contributed by atoms with Gasteiger partial charge in [-0.05, 0) is 40.6 Å². The first-order valence-corrected chi connectivity index (χ1v) is 7.50. The zero-order valence-corrected chi connectivity index (χ0v) is 12.3. The average molecular weight is 312 g/mol. The number of hydrogen-bond donors (Lipinski definition) is 0. The molecule has 22 heavy (non-hydrogen) atoms. The number of aromatic nitrogens is 2. The van der Waals surface area contributed by atoms with Crippen molar-refractivity contribution in [1.82, 2.24) is 10.2 Å². The normalized spacial score (nSPS) is 10.9. The van der Waals surface area contributed by atoms with Gasteiger partial charge in [-0.3, -0.25) is 0 Å². The predicted molar refractivity (Wildman–Crippen MR) is 82.9 cm³/mol. The third-order valence-corrected chi connectivity index (χ3v) is 3.48. The Morgan fingerprint density at radius 3 is 2.86 bits per heavy atom. The van der Waals surface area contributed by atoms with Gasteiger partial charge in [0.1, 0.15) is 0 Å². The molecule has 0 N–H and O–H groups in total. The molecule has 2 aromatic heterocycles. The summed E-state index contributed by atoms with van der Waals surface area (Å²) in [7, 11) is 0. The minimum absolute atomic E-state index is 0.0490. The highest BCUT2D eigenvalue weighted by Crippen LogP contribution is 2.17. The Morgan fingerprint density at radius 1 is 1.23 bits per heavy atom. The number of rotatable bonds is 5. The summed E-state index contributed by atoms with van der Waals surface area (Å²) in [5, 5.41) is 11.7. The van der Waals surface area contributed by atoms with Gasteiger partial charge in [0, 0.05) is 11.6 Å². The number of thiophene rings is 1. The van der Waals surface area contributed by atoms with Crippen LogP contribution in [0.5, 0.6) is 0 Å². The fourth-order valence-corrected chi connectivity index (χ4v) is 2.35. The number of esters is 1. The number of benzene rings is 1. The van der Waals surface area contributed by atoms with Gasteiger partial charge in [0.05, 0.1) is 0 Å². The molecular formula is C16H12N2O3S. The fourth-order valence-electron chi connectivity index (χ4n) is 1.72. The quantitative estimate of drug-likeness (QED) is 0.532. The molecule has 1 aromatic carbocycles. The Kier molecular flexibility index (Phi) is 4.41. The smallest absolute Gasteiger partial charge is 0.331 e. The van der Waals surface area contributed by atoms with Crippen LogP contribution in [0.25, 0.3) is 17.5 Å². The van der Waals surface area contributed by atoms with E-state index in [-0.39, 0.29) is 12.5 Å². The molecule has 0 fully saturated rings. The maximum Gasteiger partial charge on any atom is 0.331 e. The Morgan fingerprint density at radius 2 is 2.09 bits per heavy atom. The predicted octanol–water partition coefficient (Wildman–Crippen LogP) is 3.55. The maximum atomic E-state index is 11.6. The van der Waals surface area contributed by atoms with Crippen molar-refractivity contribution >= 4 is 23.4 Å². The summed E-state index contributed by atoms with van der Waals surface area (Å²) < 4.78 is 10.5. The number of hydrogen-bond acceptors (Lipinski definition) is 6. The minimum atomic E-state index is -0.453. The lowest BCUT2D eigenvalue weighted by Crippen LogP contribution is -2.00. The highest BCUT2D eigenvalue weighted by molar-refractivity contribution is 7.08. The van der Waals surface area contributed by atoms with Crippen LogP contribution in [-0.4, -0.2) is 16.2 Å². The maximum absolute atomic E-state index is 11.6. The molecule has 0 bridgehead atoms. The lowest BCUT2D eigenvalue weighted by Gasteiger charge is -1.96. The van der Waals surface area contributed by atoms with Gasteiger partial charge in [0.2, 0.25) is 5.89 Å². The zero-order chi connectivity index (χ0) is 15.2. The van der Waals surface area contributed by atoms with Crippen LogP contribution in [-0.2, 0) is 16.1 Å². The molecule has 0 unspecified atom stereocenters. The molecule has 0 saturated heterocycles. The fraction of sp³-hybridized carbons (Fsp3) is 0.0625. The zero-order valence-electron chi connectivity index (χ0n) is 11.5. The van der Waals surface area contributed by atoms with E-state index >= 15 is 0 Å². The van der Waals surface area contributed by atoms with Gasteiger partial charge >= 0.3 is 5.97 Å². The van der Waals surface area contributed by atoms with Crippen LogP contribution in [0.4, 0.5) is 0 Å². The van der Waals surface area contributed by atoms with Gasteiger partial charge in [-0.25, -0.2) is 4.79 Å². The largest absolute Gasteiger partial charge is 0.452 e. The monoisotopic (exact) mass is 312 g/mol. The van der Waals surface area contributed by atoms with Gasteiger partial charge in [-0.1, -0.05) is 18.2 Å². The van der Waals surface area contributed by atoms with Gasteiger partial charge < -0.3 is 9.15 Å². The van der Waals surface area contributed by atoms with Crippen molar-refractivity contribution in [3.63, 3.8) is 0 Å². The summed E-state index contributed by atoms with van der Waals surface area (Å²) in [5.74, 6) is 0.210. The SMILES string of the molecule is O=C(/C=C/c1ccsc1)OCc1nnc(-c2ccccc2)o1. The molecule has 2 heterocycles. The summed E-state index contributed by atoms with van der Waals surface area (Å²) in [6.45, 7) is -0.0490. The molecule has 110 valence electrons. The summed E-state index contributed by atoms with van der Waals surface area (Å²) in [6.07, 6.45) is 3.07. The van der Waals surface area contributed by atoms with Crippen molar-refractivity contribution in [2.75, 3.05) is 0 Å². The van der Waals surface area contributed by atoms with E-state index in [0.29, 0.717) is 5.89 Å². The third kappa shape index (κ3) is 3.67. The topological polar surface area (TPSA) is 65.2 Å². The lowest BCUT2D eigenvalue weighted by atomic mass is 10.2. The van der Waals surface area contributed by atoms with E-state index in [1.807, 2.05) is 47.2 Å². The van der Waals surface area contributed by atoms with Crippen LogP contribution < -0.4 is 0 Å². The Labute approximate surface area is 130 Å². The number of nitrogens with zero attached hydrogens (tertiary/aromatic N) is 2. The minimum Gasteiger partial charge on any atom is -0.452 e. The van der Waals surface area contributed by atoms with Crippen molar-refractivity contribution in [2.45, 2.75) is 6.61 Å². The molecule has 0 radical (unpaired) electrons. The van der Waals surface area contributed by atoms with E-state index < -0.39 is 5.97 Å². The Hall–Kier alpha value is -2.73. The standard InChI is InChI=1S/C16H12N2O3S/c19-15(7-6-12-8-9-22-11-12)20-10-14-17-18-16(21-14)13-4-2-1-3-5-13/h1-9,11H,10H2/b7-6+. The third-order valence-electron chi connectivity index (χ3n) is 2.78. The molecule has 3 rings (SSSR count). The van der Waals surface area contributed by atoms with E-state index in [1.165, 1.54) is 6.08 Å². The molecule has 0 aliphatic heterocycles. The number of ether oxygens (including phenoxy) is 1. The van der Waals surface area contributed by atoms with Gasteiger partial charge in [0.25, 0.3) is 5.89 Å². The second kappa shape index (κ2) is 6.82. The van der Waals surface area contributed by atoms with Gasteiger partial charge in [-0.15, -0.1) is 10.2 Å². The van der Waals surface area contributed by atoms with E-state index in [9.17, 15) is 4.79 Å². The first kappa shape index (κ1) is 14.2. The van der Waals surface area contributed by atoms with E-state index in [2.05, 4.69) is 10.2 Å². The summed E-state index contributed by atoms with van der Waals surface area (Å²) >= 11 is 1.57. The lowest BCUT2D eigenvalue weighted by molar-refractivity contribution is -0.139. The first-order chi connectivity index (χ1) is 10.8. The highest BCUT2D eigenvalue weighted by atomic mass is 32.1. The molecule has 0 atom stereocenters. The van der Waals surface area contributed by atoms with Crippen LogP contribution in [0.2, 0.25) is 0 Å². The molecule has 0 saturated carbocycles. The molecule has 0 aliphatic carbocycles. The van der Waals surface area contributed by atoms with Crippen LogP contribution in [0, 0.1) is 0 Å². The van der Waals surface area contributed by atoms with Crippen LogP contribution in [0.1, 0.15) is 11.5 Å². The summed E-state index contributed by atoms with van der Waals surface area (Å²) in [5.41, 5.74) is 1.79. The molecule has 3 aromatic rings. The van der Waals surface area contributed by atoms with Gasteiger partial charge in [0.15, 0.2) is 6.61 Å². The Bertz CT molecular complexity index is 764.